The van der Waals surface area contributed by atoms with Gasteiger partial charge in [0.2, 0.25) is 0 Å². The van der Waals surface area contributed by atoms with Crippen LogP contribution in [0.4, 0.5) is 0 Å². The van der Waals surface area contributed by atoms with Crippen molar-refractivity contribution in [3.63, 3.8) is 0 Å². The Kier molecular flexibility index (Phi) is 5.96. The molecule has 3 N–H and O–H groups in total. The summed E-state index contributed by atoms with van der Waals surface area (Å²) in [7, 11) is -2.26. The van der Waals surface area contributed by atoms with Gasteiger partial charge in [0.1, 0.15) is 0 Å². The third kappa shape index (κ3) is 8.56. The summed E-state index contributed by atoms with van der Waals surface area (Å²) in [4.78, 5) is 8.66. The first-order valence-corrected chi connectivity index (χ1v) is 5.09. The van der Waals surface area contributed by atoms with Crippen LogP contribution in [0.5, 0.6) is 0 Å². The first kappa shape index (κ1) is 13.2. The molecular weight excluding hydrogens is 195 g/mol. The van der Waals surface area contributed by atoms with Gasteiger partial charge < -0.3 is 14.5 Å². The molecule has 0 aromatic carbocycles. The zero-order valence-electron chi connectivity index (χ0n) is 8.10. The van der Waals surface area contributed by atoms with Crippen LogP contribution in [0.1, 0.15) is 27.2 Å². The van der Waals surface area contributed by atoms with E-state index < -0.39 is 14.7 Å². The number of aliphatic hydroxyl groups excluding tert-OH is 1. The van der Waals surface area contributed by atoms with Crippen LogP contribution >= 0.6 is 8.60 Å². The minimum atomic E-state index is -2.26. The number of hydrogen-bond donors (Lipinski definition) is 3. The van der Waals surface area contributed by atoms with Gasteiger partial charge in [-0.25, -0.2) is 5.26 Å². The predicted molar refractivity (Wildman–Crippen MR) is 48.9 cm³/mol. The van der Waals surface area contributed by atoms with Crippen molar-refractivity contribution in [3.05, 3.63) is 0 Å². The van der Waals surface area contributed by atoms with E-state index in [1.807, 2.05) is 20.8 Å². The molecule has 0 spiro atoms. The quantitative estimate of drug-likeness (QED) is 0.365. The first-order chi connectivity index (χ1) is 5.85. The molecule has 0 aliphatic rings. The molecule has 6 heteroatoms. The van der Waals surface area contributed by atoms with E-state index in [4.69, 9.17) is 10.2 Å². The molecule has 0 aromatic rings. The van der Waals surface area contributed by atoms with Crippen molar-refractivity contribution in [2.75, 3.05) is 6.61 Å². The van der Waals surface area contributed by atoms with Crippen LogP contribution in [-0.2, 0) is 9.20 Å². The normalized spacial score (nSPS) is 17.1. The van der Waals surface area contributed by atoms with E-state index in [1.54, 1.807) is 0 Å². The minimum Gasteiger partial charge on any atom is -0.391 e. The topological polar surface area (TPSA) is 79.2 Å². The molecule has 0 heterocycles. The number of aliphatic hydroxyl groups is 1. The van der Waals surface area contributed by atoms with Crippen LogP contribution in [0, 0.1) is 5.41 Å². The van der Waals surface area contributed by atoms with Gasteiger partial charge in [0.15, 0.2) is 0 Å². The summed E-state index contributed by atoms with van der Waals surface area (Å²) in [6.07, 6.45) is -0.103. The van der Waals surface area contributed by atoms with Crippen molar-refractivity contribution in [3.8, 4) is 0 Å². The van der Waals surface area contributed by atoms with Crippen LogP contribution in [0.25, 0.3) is 0 Å². The largest absolute Gasteiger partial charge is 0.391 e. The predicted octanol–water partition coefficient (Wildman–Crippen LogP) is 1.51. The monoisotopic (exact) mass is 212 g/mol. The molecular formula is C7H17O5P. The van der Waals surface area contributed by atoms with Gasteiger partial charge in [0, 0.05) is 0 Å². The fourth-order valence-corrected chi connectivity index (χ4v) is 1.29. The van der Waals surface area contributed by atoms with Crippen LogP contribution in [0.2, 0.25) is 0 Å². The number of hydrogen-bond acceptors (Lipinski definition) is 5. The van der Waals surface area contributed by atoms with Gasteiger partial charge in [-0.15, -0.1) is 0 Å². The molecule has 5 nitrogen and oxygen atoms in total. The maximum Gasteiger partial charge on any atom is 0.359 e. The molecule has 0 saturated heterocycles. The summed E-state index contributed by atoms with van der Waals surface area (Å²) in [5.41, 5.74) is 0.00105. The molecule has 0 fully saturated rings. The molecule has 0 aromatic heterocycles. The maximum atomic E-state index is 9.37. The van der Waals surface area contributed by atoms with E-state index >= 15 is 0 Å². The summed E-state index contributed by atoms with van der Waals surface area (Å²) in [6.45, 7) is 5.92. The molecule has 0 bridgehead atoms. The van der Waals surface area contributed by atoms with Crippen molar-refractivity contribution in [2.45, 2.75) is 33.3 Å². The SMILES string of the molecule is CC(C)(C)CC(O)COP(O)OO. The highest BCUT2D eigenvalue weighted by molar-refractivity contribution is 7.40. The summed E-state index contributed by atoms with van der Waals surface area (Å²) < 4.78 is 8.11. The first-order valence-electron chi connectivity index (χ1n) is 3.96. The van der Waals surface area contributed by atoms with Gasteiger partial charge >= 0.3 is 8.60 Å². The molecule has 0 saturated carbocycles. The van der Waals surface area contributed by atoms with Gasteiger partial charge in [0.05, 0.1) is 12.7 Å². The molecule has 0 aliphatic carbocycles. The molecule has 80 valence electrons. The third-order valence-electron chi connectivity index (χ3n) is 1.30. The van der Waals surface area contributed by atoms with Crippen LogP contribution in [0.15, 0.2) is 0 Å². The second-order valence-corrected chi connectivity index (χ2v) is 4.93. The lowest BCUT2D eigenvalue weighted by atomic mass is 9.89. The van der Waals surface area contributed by atoms with Crippen molar-refractivity contribution in [1.82, 2.24) is 0 Å². The van der Waals surface area contributed by atoms with Gasteiger partial charge in [0.25, 0.3) is 0 Å². The van der Waals surface area contributed by atoms with Crippen LogP contribution in [0.3, 0.4) is 0 Å². The van der Waals surface area contributed by atoms with Gasteiger partial charge in [-0.05, 0) is 11.8 Å². The average molecular weight is 212 g/mol. The van der Waals surface area contributed by atoms with Crippen molar-refractivity contribution in [1.29, 1.82) is 0 Å². The van der Waals surface area contributed by atoms with Crippen molar-refractivity contribution in [2.24, 2.45) is 5.41 Å². The Bertz CT molecular complexity index is 135. The highest BCUT2D eigenvalue weighted by Crippen LogP contribution is 2.31. The van der Waals surface area contributed by atoms with Crippen molar-refractivity contribution >= 4 is 8.60 Å². The van der Waals surface area contributed by atoms with Crippen molar-refractivity contribution < 1.29 is 24.5 Å². The van der Waals surface area contributed by atoms with E-state index in [0.29, 0.717) is 6.42 Å². The third-order valence-corrected chi connectivity index (χ3v) is 1.80. The fourth-order valence-electron chi connectivity index (χ4n) is 0.939. The van der Waals surface area contributed by atoms with E-state index in [2.05, 4.69) is 9.20 Å². The Labute approximate surface area is 79.2 Å². The maximum absolute atomic E-state index is 9.37. The Hall–Kier alpha value is 0.230. The smallest absolute Gasteiger partial charge is 0.359 e. The lowest BCUT2D eigenvalue weighted by Gasteiger charge is -2.22. The molecule has 0 amide bonds. The van der Waals surface area contributed by atoms with Crippen LogP contribution < -0.4 is 0 Å². The lowest BCUT2D eigenvalue weighted by Crippen LogP contribution is -2.21. The number of rotatable bonds is 5. The van der Waals surface area contributed by atoms with Gasteiger partial charge in [-0.3, -0.25) is 0 Å². The standard InChI is InChI=1S/C7H17O5P/c1-7(2,3)4-6(8)5-11-13(10)12-9/h6,8-10H,4-5H2,1-3H3. The van der Waals surface area contributed by atoms with E-state index in [0.717, 1.165) is 0 Å². The fraction of sp³-hybridized carbons (Fsp3) is 1.00. The minimum absolute atomic E-state index is 0.00105. The van der Waals surface area contributed by atoms with Gasteiger partial charge in [-0.2, -0.15) is 4.67 Å². The molecule has 0 rings (SSSR count). The average Bonchev–Trinajstić information content (AvgIpc) is 1.97. The lowest BCUT2D eigenvalue weighted by molar-refractivity contribution is -0.151. The summed E-state index contributed by atoms with van der Waals surface area (Å²) in [6, 6.07) is 0. The molecule has 2 unspecified atom stereocenters. The second kappa shape index (κ2) is 5.86. The Morgan fingerprint density at radius 3 is 2.31 bits per heavy atom. The van der Waals surface area contributed by atoms with E-state index in [9.17, 15) is 5.11 Å². The van der Waals surface area contributed by atoms with E-state index in [1.165, 1.54) is 0 Å². The highest BCUT2D eigenvalue weighted by atomic mass is 31.2. The Morgan fingerprint density at radius 2 is 1.92 bits per heavy atom. The highest BCUT2D eigenvalue weighted by Gasteiger charge is 2.18. The van der Waals surface area contributed by atoms with Gasteiger partial charge in [-0.1, -0.05) is 20.8 Å². The molecule has 0 radical (unpaired) electrons. The Balaban J connectivity index is 3.57. The molecule has 0 aliphatic heterocycles. The summed E-state index contributed by atoms with van der Waals surface area (Å²) in [5.74, 6) is 0. The van der Waals surface area contributed by atoms with E-state index in [-0.39, 0.29) is 12.0 Å². The molecule has 2 atom stereocenters. The Morgan fingerprint density at radius 1 is 1.38 bits per heavy atom. The summed E-state index contributed by atoms with van der Waals surface area (Å²) in [5, 5.41) is 17.3. The van der Waals surface area contributed by atoms with Crippen LogP contribution in [-0.4, -0.2) is 28.0 Å². The zero-order chi connectivity index (χ0) is 10.5. The molecule has 13 heavy (non-hydrogen) atoms. The summed E-state index contributed by atoms with van der Waals surface area (Å²) >= 11 is 0. The second-order valence-electron chi connectivity index (χ2n) is 4.03. The zero-order valence-corrected chi connectivity index (χ0v) is 8.99.